The molecule has 2 N–H and O–H groups in total. The average Bonchev–Trinajstić information content (AvgIpc) is 3.05. The molecule has 1 aliphatic rings. The van der Waals surface area contributed by atoms with Crippen LogP contribution in [0.1, 0.15) is 18.4 Å². The highest BCUT2D eigenvalue weighted by Gasteiger charge is 2.22. The molecule has 0 radical (unpaired) electrons. The quantitative estimate of drug-likeness (QED) is 0.838. The van der Waals surface area contributed by atoms with Crippen molar-refractivity contribution in [2.45, 2.75) is 30.7 Å². The Morgan fingerprint density at radius 3 is 2.56 bits per heavy atom. The van der Waals surface area contributed by atoms with Gasteiger partial charge >= 0.3 is 0 Å². The molecule has 2 rings (SSSR count). The first-order valence-corrected chi connectivity index (χ1v) is 6.82. The summed E-state index contributed by atoms with van der Waals surface area (Å²) in [6.45, 7) is 1.97. The van der Waals surface area contributed by atoms with Crippen LogP contribution in [-0.4, -0.2) is 21.5 Å². The summed E-state index contributed by atoms with van der Waals surface area (Å²) in [5.41, 5.74) is 1.99. The van der Waals surface area contributed by atoms with Gasteiger partial charge in [-0.1, -0.05) is 6.07 Å². The SMILES string of the molecule is CNS(=O)(=O)c1ccc(C)c(NC2CC2)c1. The molecule has 0 unspecified atom stereocenters. The number of benzene rings is 1. The molecule has 0 spiro atoms. The van der Waals surface area contributed by atoms with E-state index < -0.39 is 10.0 Å². The van der Waals surface area contributed by atoms with E-state index in [-0.39, 0.29) is 0 Å². The van der Waals surface area contributed by atoms with E-state index >= 15 is 0 Å². The summed E-state index contributed by atoms with van der Waals surface area (Å²) in [6.07, 6.45) is 2.34. The minimum Gasteiger partial charge on any atom is -0.382 e. The summed E-state index contributed by atoms with van der Waals surface area (Å²) >= 11 is 0. The molecule has 88 valence electrons. The lowest BCUT2D eigenvalue weighted by Gasteiger charge is -2.10. The third kappa shape index (κ3) is 2.36. The number of sulfonamides is 1. The minimum absolute atomic E-state index is 0.309. The van der Waals surface area contributed by atoms with Crippen molar-refractivity contribution < 1.29 is 8.42 Å². The van der Waals surface area contributed by atoms with E-state index in [1.54, 1.807) is 12.1 Å². The fourth-order valence-corrected chi connectivity index (χ4v) is 2.25. The zero-order chi connectivity index (χ0) is 11.8. The first kappa shape index (κ1) is 11.4. The van der Waals surface area contributed by atoms with Crippen molar-refractivity contribution in [1.82, 2.24) is 4.72 Å². The largest absolute Gasteiger partial charge is 0.382 e. The standard InChI is InChI=1S/C11H16N2O2S/c1-8-3-6-10(16(14,15)12-2)7-11(8)13-9-4-5-9/h3,6-7,9,12-13H,4-5H2,1-2H3. The van der Waals surface area contributed by atoms with Gasteiger partial charge in [-0.3, -0.25) is 0 Å². The van der Waals surface area contributed by atoms with Crippen molar-refractivity contribution in [3.63, 3.8) is 0 Å². The molecule has 4 nitrogen and oxygen atoms in total. The van der Waals surface area contributed by atoms with Crippen LogP contribution in [0.4, 0.5) is 5.69 Å². The van der Waals surface area contributed by atoms with Crippen molar-refractivity contribution >= 4 is 15.7 Å². The molecule has 1 fully saturated rings. The molecule has 16 heavy (non-hydrogen) atoms. The van der Waals surface area contributed by atoms with E-state index in [1.165, 1.54) is 19.9 Å². The van der Waals surface area contributed by atoms with Gasteiger partial charge in [0.05, 0.1) is 4.90 Å². The first-order chi connectivity index (χ1) is 7.53. The van der Waals surface area contributed by atoms with E-state index in [2.05, 4.69) is 10.0 Å². The van der Waals surface area contributed by atoms with Gasteiger partial charge in [0.25, 0.3) is 0 Å². The van der Waals surface area contributed by atoms with Crippen LogP contribution in [0.15, 0.2) is 23.1 Å². The molecule has 0 bridgehead atoms. The molecule has 1 aliphatic carbocycles. The molecule has 1 aromatic carbocycles. The van der Waals surface area contributed by atoms with Gasteiger partial charge in [0.15, 0.2) is 0 Å². The van der Waals surface area contributed by atoms with E-state index in [4.69, 9.17) is 0 Å². The number of anilines is 1. The fourth-order valence-electron chi connectivity index (χ4n) is 1.49. The van der Waals surface area contributed by atoms with Gasteiger partial charge in [-0.25, -0.2) is 13.1 Å². The summed E-state index contributed by atoms with van der Waals surface area (Å²) in [5, 5.41) is 3.33. The second-order valence-electron chi connectivity index (χ2n) is 4.10. The van der Waals surface area contributed by atoms with Gasteiger partial charge in [0.2, 0.25) is 10.0 Å². The fraction of sp³-hybridized carbons (Fsp3) is 0.455. The highest BCUT2D eigenvalue weighted by atomic mass is 32.2. The molecule has 0 heterocycles. The summed E-state index contributed by atoms with van der Waals surface area (Å²) in [5.74, 6) is 0. The normalized spacial score (nSPS) is 16.1. The molecule has 1 aromatic rings. The Labute approximate surface area is 96.1 Å². The Kier molecular flexibility index (Phi) is 2.90. The van der Waals surface area contributed by atoms with Crippen molar-refractivity contribution in [3.8, 4) is 0 Å². The first-order valence-electron chi connectivity index (χ1n) is 5.33. The predicted molar refractivity (Wildman–Crippen MR) is 64.1 cm³/mol. The lowest BCUT2D eigenvalue weighted by atomic mass is 10.2. The zero-order valence-corrected chi connectivity index (χ0v) is 10.3. The second-order valence-corrected chi connectivity index (χ2v) is 5.99. The highest BCUT2D eigenvalue weighted by Crippen LogP contribution is 2.28. The van der Waals surface area contributed by atoms with E-state index in [0.29, 0.717) is 10.9 Å². The summed E-state index contributed by atoms with van der Waals surface area (Å²) in [6, 6.07) is 5.67. The van der Waals surface area contributed by atoms with Crippen molar-refractivity contribution in [1.29, 1.82) is 0 Å². The van der Waals surface area contributed by atoms with Crippen LogP contribution in [-0.2, 0) is 10.0 Å². The monoisotopic (exact) mass is 240 g/mol. The number of hydrogen-bond acceptors (Lipinski definition) is 3. The zero-order valence-electron chi connectivity index (χ0n) is 9.45. The maximum atomic E-state index is 11.6. The molecular formula is C11H16N2O2S. The smallest absolute Gasteiger partial charge is 0.240 e. The van der Waals surface area contributed by atoms with Crippen LogP contribution in [0.5, 0.6) is 0 Å². The molecule has 0 atom stereocenters. The molecule has 0 aliphatic heterocycles. The van der Waals surface area contributed by atoms with E-state index in [9.17, 15) is 8.42 Å². The Balaban J connectivity index is 2.34. The Bertz CT molecular complexity index is 493. The number of nitrogens with one attached hydrogen (secondary N) is 2. The van der Waals surface area contributed by atoms with E-state index in [1.807, 2.05) is 13.0 Å². The maximum absolute atomic E-state index is 11.6. The van der Waals surface area contributed by atoms with Crippen LogP contribution in [0.3, 0.4) is 0 Å². The molecule has 1 saturated carbocycles. The van der Waals surface area contributed by atoms with Crippen LogP contribution in [0.25, 0.3) is 0 Å². The van der Waals surface area contributed by atoms with Crippen molar-refractivity contribution in [2.75, 3.05) is 12.4 Å². The molecule has 5 heteroatoms. The van der Waals surface area contributed by atoms with Crippen LogP contribution >= 0.6 is 0 Å². The van der Waals surface area contributed by atoms with Gasteiger partial charge in [-0.2, -0.15) is 0 Å². The van der Waals surface area contributed by atoms with Crippen molar-refractivity contribution in [3.05, 3.63) is 23.8 Å². The number of rotatable bonds is 4. The molecule has 0 saturated heterocycles. The summed E-state index contributed by atoms with van der Waals surface area (Å²) < 4.78 is 25.6. The van der Waals surface area contributed by atoms with Crippen LogP contribution in [0.2, 0.25) is 0 Å². The second kappa shape index (κ2) is 4.07. The Morgan fingerprint density at radius 2 is 2.00 bits per heavy atom. The lowest BCUT2D eigenvalue weighted by Crippen LogP contribution is -2.19. The molecular weight excluding hydrogens is 224 g/mol. The lowest BCUT2D eigenvalue weighted by molar-refractivity contribution is 0.588. The van der Waals surface area contributed by atoms with Gasteiger partial charge < -0.3 is 5.32 Å². The number of hydrogen-bond donors (Lipinski definition) is 2. The average molecular weight is 240 g/mol. The van der Waals surface area contributed by atoms with Gasteiger partial charge in [-0.05, 0) is 44.5 Å². The summed E-state index contributed by atoms with van der Waals surface area (Å²) in [4.78, 5) is 0.309. The summed E-state index contributed by atoms with van der Waals surface area (Å²) in [7, 11) is -1.92. The Morgan fingerprint density at radius 1 is 1.31 bits per heavy atom. The van der Waals surface area contributed by atoms with Crippen LogP contribution < -0.4 is 10.0 Å². The Hall–Kier alpha value is -1.07. The van der Waals surface area contributed by atoms with Gasteiger partial charge in [0.1, 0.15) is 0 Å². The number of aryl methyl sites for hydroxylation is 1. The maximum Gasteiger partial charge on any atom is 0.240 e. The predicted octanol–water partition coefficient (Wildman–Crippen LogP) is 1.48. The third-order valence-electron chi connectivity index (χ3n) is 2.73. The van der Waals surface area contributed by atoms with Gasteiger partial charge in [-0.15, -0.1) is 0 Å². The third-order valence-corrected chi connectivity index (χ3v) is 4.14. The molecule has 0 aromatic heterocycles. The van der Waals surface area contributed by atoms with Gasteiger partial charge in [0, 0.05) is 11.7 Å². The minimum atomic E-state index is -3.34. The molecule has 0 amide bonds. The topological polar surface area (TPSA) is 58.2 Å². The van der Waals surface area contributed by atoms with E-state index in [0.717, 1.165) is 11.3 Å². The van der Waals surface area contributed by atoms with Crippen LogP contribution in [0, 0.1) is 6.92 Å². The van der Waals surface area contributed by atoms with Crippen molar-refractivity contribution in [2.24, 2.45) is 0 Å². The highest BCUT2D eigenvalue weighted by molar-refractivity contribution is 7.89.